The molecule has 0 saturated heterocycles. The molecule has 0 aromatic heterocycles. The SMILES string of the molecule is Nc1c(F)cccc1S(=O)(=O)Nc1cc(Cl)cc(Cl)c1. The molecule has 2 aromatic carbocycles. The second-order valence-electron chi connectivity index (χ2n) is 3.92. The van der Waals surface area contributed by atoms with Crippen molar-refractivity contribution >= 4 is 44.6 Å². The predicted molar refractivity (Wildman–Crippen MR) is 78.1 cm³/mol. The van der Waals surface area contributed by atoms with Crippen LogP contribution in [0.15, 0.2) is 41.3 Å². The number of para-hydroxylation sites is 1. The van der Waals surface area contributed by atoms with Gasteiger partial charge in [-0.3, -0.25) is 4.72 Å². The van der Waals surface area contributed by atoms with E-state index in [1.54, 1.807) is 0 Å². The van der Waals surface area contributed by atoms with E-state index in [-0.39, 0.29) is 20.6 Å². The van der Waals surface area contributed by atoms with Crippen molar-refractivity contribution in [2.45, 2.75) is 4.90 Å². The molecule has 8 heteroatoms. The molecule has 0 heterocycles. The molecule has 4 nitrogen and oxygen atoms in total. The molecule has 0 saturated carbocycles. The van der Waals surface area contributed by atoms with Gasteiger partial charge in [0.2, 0.25) is 0 Å². The minimum Gasteiger partial charge on any atom is -0.395 e. The minimum absolute atomic E-state index is 0.158. The van der Waals surface area contributed by atoms with Crippen molar-refractivity contribution in [3.63, 3.8) is 0 Å². The van der Waals surface area contributed by atoms with E-state index in [1.807, 2.05) is 0 Å². The first-order chi connectivity index (χ1) is 9.29. The molecule has 2 rings (SSSR count). The van der Waals surface area contributed by atoms with Crippen LogP contribution in [0.5, 0.6) is 0 Å². The lowest BCUT2D eigenvalue weighted by Crippen LogP contribution is -2.15. The fraction of sp³-hybridized carbons (Fsp3) is 0. The van der Waals surface area contributed by atoms with Crippen molar-refractivity contribution in [1.82, 2.24) is 0 Å². The molecular weight excluding hydrogens is 326 g/mol. The summed E-state index contributed by atoms with van der Waals surface area (Å²) in [5.41, 5.74) is 5.14. The van der Waals surface area contributed by atoms with E-state index in [0.717, 1.165) is 6.07 Å². The Balaban J connectivity index is 2.43. The Morgan fingerprint density at radius 3 is 2.30 bits per heavy atom. The van der Waals surface area contributed by atoms with E-state index in [4.69, 9.17) is 28.9 Å². The number of sulfonamides is 1. The summed E-state index contributed by atoms with van der Waals surface area (Å²) >= 11 is 11.6. The summed E-state index contributed by atoms with van der Waals surface area (Å²) in [5, 5.41) is 0.532. The van der Waals surface area contributed by atoms with Gasteiger partial charge in [-0.1, -0.05) is 29.3 Å². The van der Waals surface area contributed by atoms with E-state index >= 15 is 0 Å². The van der Waals surface area contributed by atoms with Crippen LogP contribution in [0.4, 0.5) is 15.8 Å². The maximum Gasteiger partial charge on any atom is 0.264 e. The number of nitrogens with two attached hydrogens (primary N) is 1. The molecule has 0 atom stereocenters. The fourth-order valence-corrected chi connectivity index (χ4v) is 3.28. The Hall–Kier alpha value is -1.50. The average molecular weight is 335 g/mol. The van der Waals surface area contributed by atoms with Crippen LogP contribution in [0.3, 0.4) is 0 Å². The van der Waals surface area contributed by atoms with Gasteiger partial charge in [-0.05, 0) is 30.3 Å². The standard InChI is InChI=1S/C12H9Cl2FN2O2S/c13-7-4-8(14)6-9(5-7)17-20(18,19)11-3-1-2-10(15)12(11)16/h1-6,17H,16H2. The summed E-state index contributed by atoms with van der Waals surface area (Å²) < 4.78 is 39.9. The van der Waals surface area contributed by atoms with Crippen LogP contribution in [-0.4, -0.2) is 8.42 Å². The summed E-state index contributed by atoms with van der Waals surface area (Å²) in [7, 11) is -4.03. The van der Waals surface area contributed by atoms with Gasteiger partial charge in [0.05, 0.1) is 11.4 Å². The summed E-state index contributed by atoms with van der Waals surface area (Å²) in [6.07, 6.45) is 0. The molecule has 0 fully saturated rings. The van der Waals surface area contributed by atoms with Crippen LogP contribution < -0.4 is 10.5 Å². The quantitative estimate of drug-likeness (QED) is 0.843. The van der Waals surface area contributed by atoms with E-state index in [0.29, 0.717) is 0 Å². The first kappa shape index (κ1) is 14.9. The zero-order chi connectivity index (χ0) is 14.9. The molecule has 0 aliphatic carbocycles. The van der Waals surface area contributed by atoms with Crippen LogP contribution in [-0.2, 0) is 10.0 Å². The van der Waals surface area contributed by atoms with Gasteiger partial charge >= 0.3 is 0 Å². The Labute approximate surface area is 125 Å². The topological polar surface area (TPSA) is 72.2 Å². The Morgan fingerprint density at radius 1 is 1.10 bits per heavy atom. The van der Waals surface area contributed by atoms with Crippen LogP contribution in [0.2, 0.25) is 10.0 Å². The predicted octanol–water partition coefficient (Wildman–Crippen LogP) is 3.52. The van der Waals surface area contributed by atoms with Crippen LogP contribution in [0, 0.1) is 5.82 Å². The summed E-state index contributed by atoms with van der Waals surface area (Å²) in [6.45, 7) is 0. The second kappa shape index (κ2) is 5.47. The van der Waals surface area contributed by atoms with E-state index in [2.05, 4.69) is 4.72 Å². The maximum atomic E-state index is 13.3. The van der Waals surface area contributed by atoms with Gasteiger partial charge in [-0.2, -0.15) is 0 Å². The number of halogens is 3. The lowest BCUT2D eigenvalue weighted by atomic mass is 10.3. The molecule has 0 aliphatic heterocycles. The Bertz CT molecular complexity index is 746. The molecular formula is C12H9Cl2FN2O2S. The molecule has 0 radical (unpaired) electrons. The van der Waals surface area contributed by atoms with Crippen LogP contribution in [0.1, 0.15) is 0 Å². The summed E-state index contributed by atoms with van der Waals surface area (Å²) in [4.78, 5) is -0.353. The maximum absolute atomic E-state index is 13.3. The third-order valence-electron chi connectivity index (χ3n) is 2.42. The number of hydrogen-bond donors (Lipinski definition) is 2. The van der Waals surface area contributed by atoms with Crippen molar-refractivity contribution in [3.05, 3.63) is 52.3 Å². The smallest absolute Gasteiger partial charge is 0.264 e. The second-order valence-corrected chi connectivity index (χ2v) is 6.44. The number of nitrogens with one attached hydrogen (secondary N) is 1. The molecule has 0 unspecified atom stereocenters. The van der Waals surface area contributed by atoms with Crippen molar-refractivity contribution in [1.29, 1.82) is 0 Å². The molecule has 3 N–H and O–H groups in total. The molecule has 0 amide bonds. The highest BCUT2D eigenvalue weighted by atomic mass is 35.5. The first-order valence-corrected chi connectivity index (χ1v) is 7.56. The van der Waals surface area contributed by atoms with Gasteiger partial charge in [-0.15, -0.1) is 0 Å². The number of rotatable bonds is 3. The molecule has 0 spiro atoms. The molecule has 0 aliphatic rings. The molecule has 106 valence electrons. The summed E-state index contributed by atoms with van der Waals surface area (Å²) in [6, 6.07) is 7.74. The third kappa shape index (κ3) is 3.15. The van der Waals surface area contributed by atoms with Gasteiger partial charge in [0.25, 0.3) is 10.0 Å². The lowest BCUT2D eigenvalue weighted by Gasteiger charge is -2.11. The highest BCUT2D eigenvalue weighted by Gasteiger charge is 2.19. The number of hydrogen-bond acceptors (Lipinski definition) is 3. The van der Waals surface area contributed by atoms with E-state index < -0.39 is 21.5 Å². The van der Waals surface area contributed by atoms with Crippen LogP contribution in [0.25, 0.3) is 0 Å². The number of anilines is 2. The molecule has 0 bridgehead atoms. The van der Waals surface area contributed by atoms with Crippen molar-refractivity contribution < 1.29 is 12.8 Å². The van der Waals surface area contributed by atoms with Crippen molar-refractivity contribution in [3.8, 4) is 0 Å². The highest BCUT2D eigenvalue weighted by Crippen LogP contribution is 2.27. The van der Waals surface area contributed by atoms with Crippen molar-refractivity contribution in [2.24, 2.45) is 0 Å². The number of benzene rings is 2. The first-order valence-electron chi connectivity index (χ1n) is 5.32. The normalized spacial score (nSPS) is 11.3. The van der Waals surface area contributed by atoms with Crippen molar-refractivity contribution in [2.75, 3.05) is 10.5 Å². The monoisotopic (exact) mass is 334 g/mol. The van der Waals surface area contributed by atoms with Crippen LogP contribution >= 0.6 is 23.2 Å². The average Bonchev–Trinajstić information content (AvgIpc) is 2.30. The Kier molecular flexibility index (Phi) is 4.08. The van der Waals surface area contributed by atoms with Gasteiger partial charge in [0.15, 0.2) is 0 Å². The van der Waals surface area contributed by atoms with Gasteiger partial charge in [0, 0.05) is 10.0 Å². The fourth-order valence-electron chi connectivity index (χ4n) is 1.57. The van der Waals surface area contributed by atoms with E-state index in [1.165, 1.54) is 30.3 Å². The largest absolute Gasteiger partial charge is 0.395 e. The van der Waals surface area contributed by atoms with Gasteiger partial charge in [0.1, 0.15) is 10.7 Å². The van der Waals surface area contributed by atoms with E-state index in [9.17, 15) is 12.8 Å². The minimum atomic E-state index is -4.03. The van der Waals surface area contributed by atoms with Gasteiger partial charge < -0.3 is 5.73 Å². The number of nitrogen functional groups attached to an aromatic ring is 1. The summed E-state index contributed by atoms with van der Waals surface area (Å²) in [5.74, 6) is -0.808. The zero-order valence-electron chi connectivity index (χ0n) is 9.90. The molecule has 20 heavy (non-hydrogen) atoms. The highest BCUT2D eigenvalue weighted by molar-refractivity contribution is 7.92. The third-order valence-corrected chi connectivity index (χ3v) is 4.29. The molecule has 2 aromatic rings. The lowest BCUT2D eigenvalue weighted by molar-refractivity contribution is 0.597. The zero-order valence-corrected chi connectivity index (χ0v) is 12.2. The van der Waals surface area contributed by atoms with Gasteiger partial charge in [-0.25, -0.2) is 12.8 Å². The Morgan fingerprint density at radius 2 is 1.70 bits per heavy atom.